The number of aromatic nitrogens is 2. The van der Waals surface area contributed by atoms with E-state index in [0.717, 1.165) is 11.4 Å². The van der Waals surface area contributed by atoms with E-state index in [1.807, 2.05) is 54.6 Å². The van der Waals surface area contributed by atoms with Crippen molar-refractivity contribution in [2.75, 3.05) is 31.6 Å². The van der Waals surface area contributed by atoms with Crippen LogP contribution in [0.15, 0.2) is 66.7 Å². The molecule has 2 aromatic carbocycles. The summed E-state index contributed by atoms with van der Waals surface area (Å²) >= 11 is 0. The van der Waals surface area contributed by atoms with Gasteiger partial charge in [0.25, 0.3) is 5.91 Å². The summed E-state index contributed by atoms with van der Waals surface area (Å²) in [6.45, 7) is 2.25. The Morgan fingerprint density at radius 3 is 2.43 bits per heavy atom. The van der Waals surface area contributed by atoms with Crippen LogP contribution in [-0.4, -0.2) is 47.3 Å². The van der Waals surface area contributed by atoms with E-state index >= 15 is 0 Å². The number of nitrogens with one attached hydrogen (secondary N) is 1. The number of hydrogen-bond donors (Lipinski definition) is 1. The number of rotatable bonds is 5. The molecule has 0 saturated carbocycles. The predicted molar refractivity (Wildman–Crippen MR) is 105 cm³/mol. The zero-order chi connectivity index (χ0) is 19.2. The molecular formula is C21H20N4O3. The van der Waals surface area contributed by atoms with Crippen molar-refractivity contribution < 1.29 is 14.3 Å². The molecule has 7 heteroatoms. The van der Waals surface area contributed by atoms with Gasteiger partial charge in [-0.15, -0.1) is 10.2 Å². The minimum atomic E-state index is -0.129. The summed E-state index contributed by atoms with van der Waals surface area (Å²) in [7, 11) is 0. The van der Waals surface area contributed by atoms with Crippen LogP contribution in [0.3, 0.4) is 0 Å². The number of para-hydroxylation sites is 3. The number of amides is 1. The first-order chi connectivity index (χ1) is 13.8. The molecule has 142 valence electrons. The second-order valence-electron chi connectivity index (χ2n) is 6.24. The highest BCUT2D eigenvalue weighted by molar-refractivity contribution is 5.92. The van der Waals surface area contributed by atoms with Gasteiger partial charge in [-0.1, -0.05) is 30.3 Å². The van der Waals surface area contributed by atoms with Gasteiger partial charge in [0.2, 0.25) is 0 Å². The van der Waals surface area contributed by atoms with Crippen LogP contribution < -0.4 is 10.1 Å². The fourth-order valence-electron chi connectivity index (χ4n) is 2.85. The van der Waals surface area contributed by atoms with E-state index in [-0.39, 0.29) is 5.91 Å². The highest BCUT2D eigenvalue weighted by Crippen LogP contribution is 2.30. The first-order valence-electron chi connectivity index (χ1n) is 9.09. The van der Waals surface area contributed by atoms with E-state index in [9.17, 15) is 4.79 Å². The van der Waals surface area contributed by atoms with E-state index in [4.69, 9.17) is 9.47 Å². The molecule has 0 spiro atoms. The van der Waals surface area contributed by atoms with Gasteiger partial charge < -0.3 is 19.7 Å². The van der Waals surface area contributed by atoms with Crippen LogP contribution in [0.2, 0.25) is 0 Å². The summed E-state index contributed by atoms with van der Waals surface area (Å²) in [5.74, 6) is 1.82. The quantitative estimate of drug-likeness (QED) is 0.735. The summed E-state index contributed by atoms with van der Waals surface area (Å²) in [6.07, 6.45) is 0. The van der Waals surface area contributed by atoms with Crippen LogP contribution in [-0.2, 0) is 4.74 Å². The van der Waals surface area contributed by atoms with Crippen molar-refractivity contribution in [3.8, 4) is 11.5 Å². The number of ether oxygens (including phenoxy) is 2. The number of nitrogens with zero attached hydrogens (tertiary/aromatic N) is 3. The number of anilines is 2. The molecule has 1 saturated heterocycles. The zero-order valence-corrected chi connectivity index (χ0v) is 15.2. The summed E-state index contributed by atoms with van der Waals surface area (Å²) in [5.41, 5.74) is 1.08. The zero-order valence-electron chi connectivity index (χ0n) is 15.2. The van der Waals surface area contributed by atoms with E-state index in [2.05, 4.69) is 15.5 Å². The Balaban J connectivity index is 1.47. The molecule has 0 atom stereocenters. The summed E-state index contributed by atoms with van der Waals surface area (Å²) < 4.78 is 11.2. The second-order valence-corrected chi connectivity index (χ2v) is 6.24. The number of morpholine rings is 1. The highest BCUT2D eigenvalue weighted by Gasteiger charge is 2.20. The smallest absolute Gasteiger partial charge is 0.274 e. The minimum Gasteiger partial charge on any atom is -0.455 e. The van der Waals surface area contributed by atoms with Crippen molar-refractivity contribution in [1.29, 1.82) is 0 Å². The fourth-order valence-corrected chi connectivity index (χ4v) is 2.85. The molecule has 1 N–H and O–H groups in total. The lowest BCUT2D eigenvalue weighted by molar-refractivity contribution is 0.0298. The largest absolute Gasteiger partial charge is 0.455 e. The minimum absolute atomic E-state index is 0.129. The molecule has 1 aromatic heterocycles. The maximum atomic E-state index is 12.5. The summed E-state index contributed by atoms with van der Waals surface area (Å²) in [5, 5.41) is 11.4. The first kappa shape index (κ1) is 17.9. The third-order valence-electron chi connectivity index (χ3n) is 4.30. The van der Waals surface area contributed by atoms with Gasteiger partial charge in [-0.05, 0) is 36.4 Å². The van der Waals surface area contributed by atoms with Crippen LogP contribution in [0.1, 0.15) is 10.5 Å². The van der Waals surface area contributed by atoms with Gasteiger partial charge in [-0.2, -0.15) is 0 Å². The van der Waals surface area contributed by atoms with Crippen LogP contribution in [0.5, 0.6) is 11.5 Å². The third kappa shape index (κ3) is 4.27. The van der Waals surface area contributed by atoms with Crippen molar-refractivity contribution in [1.82, 2.24) is 15.1 Å². The van der Waals surface area contributed by atoms with E-state index in [1.54, 1.807) is 17.0 Å². The van der Waals surface area contributed by atoms with Crippen molar-refractivity contribution in [2.45, 2.75) is 0 Å². The molecular weight excluding hydrogens is 356 g/mol. The number of benzene rings is 2. The average molecular weight is 376 g/mol. The van der Waals surface area contributed by atoms with Crippen molar-refractivity contribution in [3.63, 3.8) is 0 Å². The molecule has 1 aliphatic rings. The number of carbonyl (C=O) groups excluding carboxylic acids is 1. The Kier molecular flexibility index (Phi) is 5.44. The molecule has 7 nitrogen and oxygen atoms in total. The standard InChI is InChI=1S/C21H20N4O3/c26-21(25-12-14-27-15-13-25)18-10-11-20(24-23-18)22-17-8-4-5-9-19(17)28-16-6-2-1-3-7-16/h1-11H,12-15H2,(H,22,24). The lowest BCUT2D eigenvalue weighted by Gasteiger charge is -2.26. The molecule has 0 radical (unpaired) electrons. The topological polar surface area (TPSA) is 76.6 Å². The summed E-state index contributed by atoms with van der Waals surface area (Å²) in [4.78, 5) is 14.2. The second kappa shape index (κ2) is 8.49. The predicted octanol–water partition coefficient (Wildman–Crippen LogP) is 3.48. The Bertz CT molecular complexity index is 926. The van der Waals surface area contributed by atoms with E-state index in [0.29, 0.717) is 43.6 Å². The Morgan fingerprint density at radius 1 is 0.929 bits per heavy atom. The first-order valence-corrected chi connectivity index (χ1v) is 9.09. The Labute approximate surface area is 162 Å². The molecule has 28 heavy (non-hydrogen) atoms. The maximum Gasteiger partial charge on any atom is 0.274 e. The SMILES string of the molecule is O=C(c1ccc(Nc2ccccc2Oc2ccccc2)nn1)N1CCOCC1. The average Bonchev–Trinajstić information content (AvgIpc) is 2.76. The van der Waals surface area contributed by atoms with E-state index in [1.165, 1.54) is 0 Å². The lowest BCUT2D eigenvalue weighted by Crippen LogP contribution is -2.41. The fraction of sp³-hybridized carbons (Fsp3) is 0.190. The van der Waals surface area contributed by atoms with Gasteiger partial charge in [-0.25, -0.2) is 0 Å². The van der Waals surface area contributed by atoms with Gasteiger partial charge in [0.05, 0.1) is 18.9 Å². The monoisotopic (exact) mass is 376 g/mol. The normalized spacial score (nSPS) is 13.8. The molecule has 2 heterocycles. The van der Waals surface area contributed by atoms with Gasteiger partial charge in [-0.3, -0.25) is 4.79 Å². The molecule has 0 bridgehead atoms. The van der Waals surface area contributed by atoms with Crippen LogP contribution in [0.4, 0.5) is 11.5 Å². The van der Waals surface area contributed by atoms with Crippen LogP contribution in [0.25, 0.3) is 0 Å². The summed E-state index contributed by atoms with van der Waals surface area (Å²) in [6, 6.07) is 20.5. The van der Waals surface area contributed by atoms with Crippen LogP contribution in [0, 0.1) is 0 Å². The molecule has 1 fully saturated rings. The van der Waals surface area contributed by atoms with E-state index < -0.39 is 0 Å². The molecule has 1 amide bonds. The molecule has 3 aromatic rings. The van der Waals surface area contributed by atoms with Crippen molar-refractivity contribution in [2.24, 2.45) is 0 Å². The van der Waals surface area contributed by atoms with Gasteiger partial charge in [0.15, 0.2) is 17.3 Å². The number of hydrogen-bond acceptors (Lipinski definition) is 6. The maximum absolute atomic E-state index is 12.5. The third-order valence-corrected chi connectivity index (χ3v) is 4.30. The van der Waals surface area contributed by atoms with Gasteiger partial charge in [0.1, 0.15) is 5.75 Å². The van der Waals surface area contributed by atoms with Crippen LogP contribution >= 0.6 is 0 Å². The van der Waals surface area contributed by atoms with Gasteiger partial charge in [0, 0.05) is 13.1 Å². The molecule has 0 unspecified atom stereocenters. The van der Waals surface area contributed by atoms with Crippen molar-refractivity contribution >= 4 is 17.4 Å². The van der Waals surface area contributed by atoms with Gasteiger partial charge >= 0.3 is 0 Å². The lowest BCUT2D eigenvalue weighted by atomic mass is 10.2. The highest BCUT2D eigenvalue weighted by atomic mass is 16.5. The molecule has 4 rings (SSSR count). The van der Waals surface area contributed by atoms with Crippen molar-refractivity contribution in [3.05, 3.63) is 72.4 Å². The molecule has 1 aliphatic heterocycles. The Hall–Kier alpha value is -3.45. The Morgan fingerprint density at radius 2 is 1.68 bits per heavy atom. The number of carbonyl (C=O) groups is 1. The molecule has 0 aliphatic carbocycles.